The average molecular weight is 499 g/mol. The van der Waals surface area contributed by atoms with E-state index >= 15 is 0 Å². The standard InChI is InChI=1S/C33H58OSi/c1-23(2)13-12-14-24(3)25-17-21-33(8)27-15-16-28-30(4,5)29(34-35(9,10)11)19-20-31(28,6)26(27)18-22-32(25,33)7/h13,24-25,28-29H,12,14-22H2,1-11H3/t24-,25-,28+,29+,31-,32-,33+/m1/s1. The van der Waals surface area contributed by atoms with Crippen LogP contribution in [0, 0.1) is 39.4 Å². The van der Waals surface area contributed by atoms with Crippen molar-refractivity contribution in [3.8, 4) is 0 Å². The lowest BCUT2D eigenvalue weighted by atomic mass is 9.43. The molecule has 4 rings (SSSR count). The first-order valence-electron chi connectivity index (χ1n) is 15.1. The first kappa shape index (κ1) is 27.7. The first-order valence-corrected chi connectivity index (χ1v) is 18.5. The molecule has 0 bridgehead atoms. The minimum Gasteiger partial charge on any atom is -0.414 e. The molecule has 2 saturated carbocycles. The summed E-state index contributed by atoms with van der Waals surface area (Å²) >= 11 is 0. The van der Waals surface area contributed by atoms with Crippen molar-refractivity contribution >= 4 is 8.32 Å². The zero-order valence-electron chi connectivity index (χ0n) is 25.4. The summed E-state index contributed by atoms with van der Waals surface area (Å²) in [5.41, 5.74) is 6.88. The van der Waals surface area contributed by atoms with Gasteiger partial charge in [0.15, 0.2) is 8.32 Å². The van der Waals surface area contributed by atoms with Crippen LogP contribution in [0.4, 0.5) is 0 Å². The van der Waals surface area contributed by atoms with Gasteiger partial charge in [0.05, 0.1) is 6.10 Å². The van der Waals surface area contributed by atoms with Crippen LogP contribution < -0.4 is 0 Å². The fourth-order valence-electron chi connectivity index (χ4n) is 10.1. The van der Waals surface area contributed by atoms with Gasteiger partial charge in [0.1, 0.15) is 0 Å². The monoisotopic (exact) mass is 498 g/mol. The average Bonchev–Trinajstić information content (AvgIpc) is 3.01. The first-order chi connectivity index (χ1) is 16.1. The van der Waals surface area contributed by atoms with Gasteiger partial charge in [0, 0.05) is 0 Å². The van der Waals surface area contributed by atoms with Gasteiger partial charge in [-0.1, -0.05) is 64.3 Å². The smallest absolute Gasteiger partial charge is 0.184 e. The maximum absolute atomic E-state index is 6.84. The predicted molar refractivity (Wildman–Crippen MR) is 155 cm³/mol. The highest BCUT2D eigenvalue weighted by atomic mass is 28.4. The molecule has 1 nitrogen and oxygen atoms in total. The fraction of sp³-hybridized carbons (Fsp3) is 0.879. The van der Waals surface area contributed by atoms with E-state index in [1.54, 1.807) is 0 Å². The Bertz CT molecular complexity index is 870. The fourth-order valence-corrected chi connectivity index (χ4v) is 11.4. The number of allylic oxidation sites excluding steroid dienone is 4. The van der Waals surface area contributed by atoms with Gasteiger partial charge < -0.3 is 4.43 Å². The van der Waals surface area contributed by atoms with Gasteiger partial charge in [-0.25, -0.2) is 0 Å². The lowest BCUT2D eigenvalue weighted by molar-refractivity contribution is -0.0885. The Morgan fingerprint density at radius 3 is 2.26 bits per heavy atom. The minimum absolute atomic E-state index is 0.269. The predicted octanol–water partition coefficient (Wildman–Crippen LogP) is 10.3. The summed E-state index contributed by atoms with van der Waals surface area (Å²) in [6, 6.07) is 0. The van der Waals surface area contributed by atoms with E-state index in [2.05, 4.69) is 81.1 Å². The molecule has 0 aliphatic heterocycles. The molecule has 7 atom stereocenters. The van der Waals surface area contributed by atoms with Crippen molar-refractivity contribution < 1.29 is 4.43 Å². The van der Waals surface area contributed by atoms with Crippen molar-refractivity contribution in [1.29, 1.82) is 0 Å². The molecular formula is C33H58OSi. The Morgan fingerprint density at radius 2 is 1.63 bits per heavy atom. The highest BCUT2D eigenvalue weighted by molar-refractivity contribution is 6.69. The Kier molecular flexibility index (Phi) is 7.23. The van der Waals surface area contributed by atoms with E-state index in [1.165, 1.54) is 69.8 Å². The molecule has 35 heavy (non-hydrogen) atoms. The van der Waals surface area contributed by atoms with Crippen molar-refractivity contribution in [3.05, 3.63) is 22.8 Å². The van der Waals surface area contributed by atoms with Crippen molar-refractivity contribution in [2.24, 2.45) is 39.4 Å². The van der Waals surface area contributed by atoms with E-state index in [4.69, 9.17) is 4.43 Å². The van der Waals surface area contributed by atoms with Crippen LogP contribution in [0.25, 0.3) is 0 Å². The van der Waals surface area contributed by atoms with Crippen LogP contribution in [0.1, 0.15) is 120 Å². The van der Waals surface area contributed by atoms with Crippen LogP contribution in [-0.2, 0) is 4.43 Å². The van der Waals surface area contributed by atoms with E-state index < -0.39 is 8.32 Å². The van der Waals surface area contributed by atoms with E-state index in [9.17, 15) is 0 Å². The van der Waals surface area contributed by atoms with E-state index in [0.29, 0.717) is 22.3 Å². The van der Waals surface area contributed by atoms with Gasteiger partial charge >= 0.3 is 0 Å². The van der Waals surface area contributed by atoms with Crippen LogP contribution >= 0.6 is 0 Å². The van der Waals surface area contributed by atoms with Gasteiger partial charge in [-0.2, -0.15) is 0 Å². The Balaban J connectivity index is 1.62. The third-order valence-electron chi connectivity index (χ3n) is 12.1. The van der Waals surface area contributed by atoms with E-state index in [0.717, 1.165) is 17.8 Å². The van der Waals surface area contributed by atoms with Gasteiger partial charge in [-0.05, 0) is 137 Å². The third-order valence-corrected chi connectivity index (χ3v) is 13.1. The van der Waals surface area contributed by atoms with Gasteiger partial charge in [0.2, 0.25) is 0 Å². The largest absolute Gasteiger partial charge is 0.414 e. The lowest BCUT2D eigenvalue weighted by Gasteiger charge is -2.63. The second-order valence-corrected chi connectivity index (χ2v) is 20.2. The Morgan fingerprint density at radius 1 is 0.943 bits per heavy atom. The number of fused-ring (bicyclic) bond motifs is 4. The summed E-state index contributed by atoms with van der Waals surface area (Å²) in [5, 5.41) is 0. The van der Waals surface area contributed by atoms with E-state index in [1.807, 2.05) is 11.1 Å². The topological polar surface area (TPSA) is 9.23 Å². The quantitative estimate of drug-likeness (QED) is 0.261. The van der Waals surface area contributed by atoms with Gasteiger partial charge in [-0.15, -0.1) is 0 Å². The Labute approximate surface area is 220 Å². The zero-order chi connectivity index (χ0) is 26.0. The molecule has 0 radical (unpaired) electrons. The molecule has 0 aromatic rings. The summed E-state index contributed by atoms with van der Waals surface area (Å²) < 4.78 is 6.84. The molecule has 2 fully saturated rings. The van der Waals surface area contributed by atoms with Gasteiger partial charge in [0.25, 0.3) is 0 Å². The molecule has 0 spiro atoms. The van der Waals surface area contributed by atoms with Gasteiger partial charge in [-0.3, -0.25) is 0 Å². The normalized spacial score (nSPS) is 41.6. The molecule has 0 aromatic carbocycles. The number of rotatable bonds is 6. The van der Waals surface area contributed by atoms with Crippen molar-refractivity contribution in [2.45, 2.75) is 145 Å². The summed E-state index contributed by atoms with van der Waals surface area (Å²) in [4.78, 5) is 0. The van der Waals surface area contributed by atoms with Crippen LogP contribution in [0.5, 0.6) is 0 Å². The molecule has 4 aliphatic carbocycles. The lowest BCUT2D eigenvalue weighted by Crippen LogP contribution is -2.56. The SMILES string of the molecule is CC(C)=CCC[C@@H](C)[C@H]1CC[C@@]2(C)C3=C(CC[C@]12C)[C@@]1(C)CC[C@H](O[Si](C)(C)C)C(C)(C)[C@@H]1CC3. The number of hydrogen-bond acceptors (Lipinski definition) is 1. The van der Waals surface area contributed by atoms with E-state index in [-0.39, 0.29) is 5.41 Å². The summed E-state index contributed by atoms with van der Waals surface area (Å²) in [5.74, 6) is 2.48. The maximum atomic E-state index is 6.84. The highest BCUT2D eigenvalue weighted by Crippen LogP contribution is 2.72. The molecule has 0 heterocycles. The van der Waals surface area contributed by atoms with Crippen LogP contribution in [0.2, 0.25) is 19.6 Å². The molecule has 0 saturated heterocycles. The third kappa shape index (κ3) is 4.49. The zero-order valence-corrected chi connectivity index (χ0v) is 26.4. The molecule has 0 N–H and O–H groups in total. The van der Waals surface area contributed by atoms with Crippen molar-refractivity contribution in [1.82, 2.24) is 0 Å². The van der Waals surface area contributed by atoms with Crippen LogP contribution in [0.15, 0.2) is 22.8 Å². The molecule has 4 aliphatic rings. The van der Waals surface area contributed by atoms with Crippen LogP contribution in [-0.4, -0.2) is 14.4 Å². The Hall–Kier alpha value is -0.343. The molecular weight excluding hydrogens is 440 g/mol. The molecule has 0 unspecified atom stereocenters. The van der Waals surface area contributed by atoms with Crippen molar-refractivity contribution in [2.75, 3.05) is 0 Å². The molecule has 200 valence electrons. The number of hydrogen-bond donors (Lipinski definition) is 0. The summed E-state index contributed by atoms with van der Waals surface area (Å²) in [6.07, 6.45) is 16.5. The molecule has 0 aromatic heterocycles. The second kappa shape index (κ2) is 9.14. The summed E-state index contributed by atoms with van der Waals surface area (Å²) in [7, 11) is -1.54. The molecule has 0 amide bonds. The van der Waals surface area contributed by atoms with Crippen LogP contribution in [0.3, 0.4) is 0 Å². The summed E-state index contributed by atoms with van der Waals surface area (Å²) in [6.45, 7) is 27.4. The molecule has 2 heteroatoms. The highest BCUT2D eigenvalue weighted by Gasteiger charge is 2.63. The maximum Gasteiger partial charge on any atom is 0.184 e. The van der Waals surface area contributed by atoms with Crippen molar-refractivity contribution in [3.63, 3.8) is 0 Å². The minimum atomic E-state index is -1.54. The second-order valence-electron chi connectivity index (χ2n) is 15.8.